The normalized spacial score (nSPS) is 15.8. The molecule has 1 amide bonds. The van der Waals surface area contributed by atoms with Gasteiger partial charge in [-0.05, 0) is 42.3 Å². The Morgan fingerprint density at radius 3 is 2.48 bits per heavy atom. The van der Waals surface area contributed by atoms with Gasteiger partial charge >= 0.3 is 0 Å². The third-order valence-corrected chi connectivity index (χ3v) is 5.92. The molecule has 0 spiro atoms. The van der Waals surface area contributed by atoms with Crippen LogP contribution in [0, 0.1) is 0 Å². The van der Waals surface area contributed by atoms with Crippen LogP contribution in [0.4, 0.5) is 0 Å². The van der Waals surface area contributed by atoms with E-state index in [1.54, 1.807) is 12.5 Å². The van der Waals surface area contributed by atoms with Crippen LogP contribution in [0.3, 0.4) is 0 Å². The average molecular weight is 364 g/mol. The fraction of sp³-hybridized carbons (Fsp3) is 0.353. The molecule has 0 saturated carbocycles. The smallest absolute Gasteiger partial charge is 0.251 e. The van der Waals surface area contributed by atoms with Crippen LogP contribution in [-0.4, -0.2) is 51.5 Å². The molecule has 0 radical (unpaired) electrons. The number of rotatable bonds is 6. The average Bonchev–Trinajstić information content (AvgIpc) is 3.16. The number of hydrogen-bond donors (Lipinski definition) is 1. The van der Waals surface area contributed by atoms with Crippen LogP contribution < -0.4 is 5.32 Å². The summed E-state index contributed by atoms with van der Waals surface area (Å²) in [5, 5.41) is 2.80. The second-order valence-electron chi connectivity index (χ2n) is 5.68. The zero-order valence-electron chi connectivity index (χ0n) is 13.7. The van der Waals surface area contributed by atoms with E-state index < -0.39 is 10.0 Å². The van der Waals surface area contributed by atoms with Crippen LogP contribution >= 0.6 is 0 Å². The van der Waals surface area contributed by atoms with Crippen molar-refractivity contribution < 1.29 is 22.4 Å². The van der Waals surface area contributed by atoms with Gasteiger partial charge in [-0.1, -0.05) is 0 Å². The number of ether oxygens (including phenoxy) is 1. The first-order valence-corrected chi connectivity index (χ1v) is 9.48. The molecule has 1 aromatic heterocycles. The van der Waals surface area contributed by atoms with E-state index in [1.807, 2.05) is 6.07 Å². The monoisotopic (exact) mass is 364 g/mol. The minimum Gasteiger partial charge on any atom is -0.472 e. The molecule has 0 bridgehead atoms. The highest BCUT2D eigenvalue weighted by molar-refractivity contribution is 7.89. The fourth-order valence-electron chi connectivity index (χ4n) is 2.57. The van der Waals surface area contributed by atoms with E-state index in [-0.39, 0.29) is 10.8 Å². The van der Waals surface area contributed by atoms with Gasteiger partial charge in [0.25, 0.3) is 5.91 Å². The zero-order chi connectivity index (χ0) is 17.7. The first kappa shape index (κ1) is 17.7. The second-order valence-corrected chi connectivity index (χ2v) is 7.62. The van der Waals surface area contributed by atoms with E-state index in [0.717, 1.165) is 5.56 Å². The Kier molecular flexibility index (Phi) is 5.52. The molecule has 0 atom stereocenters. The van der Waals surface area contributed by atoms with Crippen molar-refractivity contribution >= 4 is 15.9 Å². The summed E-state index contributed by atoms with van der Waals surface area (Å²) in [6.45, 7) is 1.97. The van der Waals surface area contributed by atoms with Crippen molar-refractivity contribution in [1.29, 1.82) is 0 Å². The quantitative estimate of drug-likeness (QED) is 0.834. The van der Waals surface area contributed by atoms with Crippen molar-refractivity contribution in [2.75, 3.05) is 32.8 Å². The minimum atomic E-state index is -3.54. The maximum Gasteiger partial charge on any atom is 0.251 e. The van der Waals surface area contributed by atoms with Crippen LogP contribution in [0.2, 0.25) is 0 Å². The van der Waals surface area contributed by atoms with Gasteiger partial charge in [-0.3, -0.25) is 4.79 Å². The van der Waals surface area contributed by atoms with Crippen LogP contribution in [-0.2, 0) is 21.2 Å². The summed E-state index contributed by atoms with van der Waals surface area (Å²) in [5.41, 5.74) is 1.43. The molecule has 7 nitrogen and oxygen atoms in total. The number of benzene rings is 1. The largest absolute Gasteiger partial charge is 0.472 e. The Balaban J connectivity index is 1.60. The Labute approximate surface area is 146 Å². The van der Waals surface area contributed by atoms with Crippen molar-refractivity contribution in [3.8, 4) is 0 Å². The summed E-state index contributed by atoms with van der Waals surface area (Å²) in [4.78, 5) is 12.3. The highest BCUT2D eigenvalue weighted by atomic mass is 32.2. The van der Waals surface area contributed by atoms with Crippen molar-refractivity contribution in [2.24, 2.45) is 0 Å². The second kappa shape index (κ2) is 7.81. The molecule has 8 heteroatoms. The summed E-state index contributed by atoms with van der Waals surface area (Å²) >= 11 is 0. The number of carbonyl (C=O) groups excluding carboxylic acids is 1. The number of amides is 1. The first-order chi connectivity index (χ1) is 12.1. The van der Waals surface area contributed by atoms with Crippen molar-refractivity contribution in [2.45, 2.75) is 11.3 Å². The molecule has 1 fully saturated rings. The van der Waals surface area contributed by atoms with E-state index in [4.69, 9.17) is 9.15 Å². The molecule has 1 aliphatic heterocycles. The van der Waals surface area contributed by atoms with Gasteiger partial charge in [0.1, 0.15) is 0 Å². The number of sulfonamides is 1. The van der Waals surface area contributed by atoms with Crippen LogP contribution in [0.25, 0.3) is 0 Å². The lowest BCUT2D eigenvalue weighted by atomic mass is 10.2. The summed E-state index contributed by atoms with van der Waals surface area (Å²) in [6.07, 6.45) is 3.90. The van der Waals surface area contributed by atoms with Gasteiger partial charge in [-0.15, -0.1) is 0 Å². The van der Waals surface area contributed by atoms with Gasteiger partial charge in [0.15, 0.2) is 0 Å². The standard InChI is InChI=1S/C17H20N2O5S/c20-17(18-7-5-14-6-10-24-13-14)15-1-3-16(4-2-15)25(21,22)19-8-11-23-12-9-19/h1-4,6,10,13H,5,7-9,11-12H2,(H,18,20). The predicted octanol–water partition coefficient (Wildman–Crippen LogP) is 1.27. The summed E-state index contributed by atoms with van der Waals surface area (Å²) in [6, 6.07) is 7.84. The third-order valence-electron chi connectivity index (χ3n) is 4.00. The highest BCUT2D eigenvalue weighted by Gasteiger charge is 2.26. The number of furan rings is 1. The zero-order valence-corrected chi connectivity index (χ0v) is 14.5. The van der Waals surface area contributed by atoms with Crippen LogP contribution in [0.5, 0.6) is 0 Å². The van der Waals surface area contributed by atoms with Crippen LogP contribution in [0.15, 0.2) is 52.2 Å². The van der Waals surface area contributed by atoms with E-state index in [0.29, 0.717) is 44.8 Å². The number of nitrogens with zero attached hydrogens (tertiary/aromatic N) is 1. The molecule has 3 rings (SSSR count). The maximum atomic E-state index is 12.5. The highest BCUT2D eigenvalue weighted by Crippen LogP contribution is 2.17. The lowest BCUT2D eigenvalue weighted by molar-refractivity contribution is 0.0730. The molecule has 134 valence electrons. The van der Waals surface area contributed by atoms with E-state index >= 15 is 0 Å². The SMILES string of the molecule is O=C(NCCc1ccoc1)c1ccc(S(=O)(=O)N2CCOCC2)cc1. The molecule has 1 saturated heterocycles. The van der Waals surface area contributed by atoms with Gasteiger partial charge in [0, 0.05) is 25.2 Å². The van der Waals surface area contributed by atoms with Crippen LogP contribution in [0.1, 0.15) is 15.9 Å². The molecule has 1 aromatic carbocycles. The maximum absolute atomic E-state index is 12.5. The summed E-state index contributed by atoms with van der Waals surface area (Å²) < 4.78 is 36.6. The molecule has 2 heterocycles. The fourth-order valence-corrected chi connectivity index (χ4v) is 3.98. The topological polar surface area (TPSA) is 88.8 Å². The van der Waals surface area contributed by atoms with Crippen molar-refractivity contribution in [3.63, 3.8) is 0 Å². The molecule has 1 aliphatic rings. The van der Waals surface area contributed by atoms with E-state index in [1.165, 1.54) is 28.6 Å². The Bertz CT molecular complexity index is 794. The van der Waals surface area contributed by atoms with Gasteiger partial charge in [0.05, 0.1) is 30.6 Å². The minimum absolute atomic E-state index is 0.185. The van der Waals surface area contributed by atoms with E-state index in [2.05, 4.69) is 5.32 Å². The Morgan fingerprint density at radius 2 is 1.84 bits per heavy atom. The number of nitrogens with one attached hydrogen (secondary N) is 1. The Morgan fingerprint density at radius 1 is 1.12 bits per heavy atom. The molecule has 0 aliphatic carbocycles. The molecular formula is C17H20N2O5S. The third kappa shape index (κ3) is 4.28. The van der Waals surface area contributed by atoms with Gasteiger partial charge in [0.2, 0.25) is 10.0 Å². The number of hydrogen-bond acceptors (Lipinski definition) is 5. The van der Waals surface area contributed by atoms with Gasteiger partial charge in [-0.2, -0.15) is 4.31 Å². The van der Waals surface area contributed by atoms with Crippen molar-refractivity contribution in [3.05, 3.63) is 54.0 Å². The van der Waals surface area contributed by atoms with Crippen molar-refractivity contribution in [1.82, 2.24) is 9.62 Å². The number of carbonyl (C=O) groups is 1. The van der Waals surface area contributed by atoms with Gasteiger partial charge < -0.3 is 14.5 Å². The lowest BCUT2D eigenvalue weighted by Gasteiger charge is -2.26. The molecule has 0 unspecified atom stereocenters. The van der Waals surface area contributed by atoms with E-state index in [9.17, 15) is 13.2 Å². The molecule has 1 N–H and O–H groups in total. The lowest BCUT2D eigenvalue weighted by Crippen LogP contribution is -2.40. The Hall–Kier alpha value is -2.16. The molecular weight excluding hydrogens is 344 g/mol. The predicted molar refractivity (Wildman–Crippen MR) is 90.8 cm³/mol. The number of morpholine rings is 1. The van der Waals surface area contributed by atoms with Gasteiger partial charge in [-0.25, -0.2) is 8.42 Å². The summed E-state index contributed by atoms with van der Waals surface area (Å²) in [7, 11) is -3.54. The molecule has 2 aromatic rings. The first-order valence-electron chi connectivity index (χ1n) is 8.04. The molecule has 25 heavy (non-hydrogen) atoms. The summed E-state index contributed by atoms with van der Waals surface area (Å²) in [5.74, 6) is -0.237.